The van der Waals surface area contributed by atoms with Crippen LogP contribution in [0.3, 0.4) is 0 Å². The average molecular weight is 257 g/mol. The van der Waals surface area contributed by atoms with E-state index in [0.29, 0.717) is 6.54 Å². The fourth-order valence-electron chi connectivity index (χ4n) is 1.79. The summed E-state index contributed by atoms with van der Waals surface area (Å²) in [4.78, 5) is 2.15. The van der Waals surface area contributed by atoms with E-state index < -0.39 is 11.7 Å². The first-order valence-corrected chi connectivity index (χ1v) is 5.96. The Morgan fingerprint density at radius 3 is 2.28 bits per heavy atom. The molecule has 0 bridgehead atoms. The van der Waals surface area contributed by atoms with Gasteiger partial charge in [0.15, 0.2) is 0 Å². The monoisotopic (exact) mass is 257 g/mol. The molecule has 0 saturated heterocycles. The Morgan fingerprint density at radius 1 is 1.22 bits per heavy atom. The molecule has 0 saturated carbocycles. The number of rotatable bonds is 6. The predicted octanol–water partition coefficient (Wildman–Crippen LogP) is 4.10. The van der Waals surface area contributed by atoms with E-state index in [0.717, 1.165) is 37.2 Å². The third-order valence-corrected chi connectivity index (χ3v) is 2.61. The van der Waals surface area contributed by atoms with Crippen LogP contribution in [0.25, 0.3) is 0 Å². The van der Waals surface area contributed by atoms with Crippen molar-refractivity contribution in [2.45, 2.75) is 26.1 Å². The first kappa shape index (κ1) is 14.8. The van der Waals surface area contributed by atoms with Crippen molar-refractivity contribution in [1.29, 1.82) is 0 Å². The van der Waals surface area contributed by atoms with E-state index in [9.17, 15) is 13.2 Å². The lowest BCUT2D eigenvalue weighted by Crippen LogP contribution is -2.24. The van der Waals surface area contributed by atoms with Crippen molar-refractivity contribution < 1.29 is 13.2 Å². The van der Waals surface area contributed by atoms with Crippen LogP contribution in [-0.4, -0.2) is 18.0 Å². The molecule has 0 atom stereocenters. The second kappa shape index (κ2) is 6.59. The van der Waals surface area contributed by atoms with Gasteiger partial charge in [-0.25, -0.2) is 0 Å². The smallest absolute Gasteiger partial charge is 0.295 e. The Morgan fingerprint density at radius 2 is 1.83 bits per heavy atom. The number of hydrogen-bond acceptors (Lipinski definition) is 1. The summed E-state index contributed by atoms with van der Waals surface area (Å²) in [5.74, 6) is 0. The maximum absolute atomic E-state index is 12.4. The highest BCUT2D eigenvalue weighted by Gasteiger charge is 2.29. The Kier molecular flexibility index (Phi) is 5.41. The summed E-state index contributed by atoms with van der Waals surface area (Å²) in [6.45, 7) is 8.06. The van der Waals surface area contributed by atoms with Gasteiger partial charge in [-0.3, -0.25) is 4.90 Å². The van der Waals surface area contributed by atoms with Gasteiger partial charge in [-0.05, 0) is 30.7 Å². The molecule has 1 aromatic carbocycles. The van der Waals surface area contributed by atoms with Crippen LogP contribution in [0.15, 0.2) is 36.9 Å². The largest absolute Gasteiger partial charge is 0.416 e. The van der Waals surface area contributed by atoms with Gasteiger partial charge in [0.05, 0.1) is 5.56 Å². The molecule has 1 rings (SSSR count). The molecule has 1 nitrogen and oxygen atoms in total. The SMILES string of the molecule is C=CCN(CCC)Cc1ccc(C(F)(F)F)cc1. The van der Waals surface area contributed by atoms with E-state index in [4.69, 9.17) is 0 Å². The van der Waals surface area contributed by atoms with Crippen molar-refractivity contribution in [2.75, 3.05) is 13.1 Å². The highest BCUT2D eigenvalue weighted by Crippen LogP contribution is 2.29. The van der Waals surface area contributed by atoms with E-state index >= 15 is 0 Å². The third-order valence-electron chi connectivity index (χ3n) is 2.61. The van der Waals surface area contributed by atoms with Crippen molar-refractivity contribution in [2.24, 2.45) is 0 Å². The van der Waals surface area contributed by atoms with Gasteiger partial charge in [-0.1, -0.05) is 25.1 Å². The molecular formula is C14H18F3N. The lowest BCUT2D eigenvalue weighted by atomic mass is 10.1. The summed E-state index contributed by atoms with van der Waals surface area (Å²) < 4.78 is 37.2. The van der Waals surface area contributed by atoms with E-state index in [1.54, 1.807) is 6.08 Å². The Hall–Kier alpha value is -1.29. The molecule has 100 valence electrons. The van der Waals surface area contributed by atoms with Crippen LogP contribution in [0, 0.1) is 0 Å². The molecule has 0 spiro atoms. The molecule has 0 aromatic heterocycles. The lowest BCUT2D eigenvalue weighted by molar-refractivity contribution is -0.137. The summed E-state index contributed by atoms with van der Waals surface area (Å²) in [6, 6.07) is 5.34. The summed E-state index contributed by atoms with van der Waals surface area (Å²) in [5.41, 5.74) is 0.287. The van der Waals surface area contributed by atoms with Crippen LogP contribution >= 0.6 is 0 Å². The molecule has 0 aliphatic carbocycles. The van der Waals surface area contributed by atoms with Crippen LogP contribution in [-0.2, 0) is 12.7 Å². The van der Waals surface area contributed by atoms with Gasteiger partial charge < -0.3 is 0 Å². The van der Waals surface area contributed by atoms with E-state index in [2.05, 4.69) is 18.4 Å². The predicted molar refractivity (Wildman–Crippen MR) is 67.2 cm³/mol. The lowest BCUT2D eigenvalue weighted by Gasteiger charge is -2.20. The van der Waals surface area contributed by atoms with Crippen LogP contribution < -0.4 is 0 Å². The normalized spacial score (nSPS) is 11.8. The van der Waals surface area contributed by atoms with Crippen LogP contribution in [0.4, 0.5) is 13.2 Å². The molecule has 0 heterocycles. The molecule has 0 amide bonds. The van der Waals surface area contributed by atoms with Crippen molar-refractivity contribution in [3.63, 3.8) is 0 Å². The van der Waals surface area contributed by atoms with Crippen molar-refractivity contribution in [1.82, 2.24) is 4.90 Å². The zero-order valence-corrected chi connectivity index (χ0v) is 10.5. The van der Waals surface area contributed by atoms with E-state index in [1.165, 1.54) is 12.1 Å². The standard InChI is InChI=1S/C14H18F3N/c1-3-9-18(10-4-2)11-12-5-7-13(8-6-12)14(15,16)17/h3,5-8H,1,4,9-11H2,2H3. The molecule has 1 aromatic rings. The molecular weight excluding hydrogens is 239 g/mol. The highest BCUT2D eigenvalue weighted by atomic mass is 19.4. The summed E-state index contributed by atoms with van der Waals surface area (Å²) in [7, 11) is 0. The van der Waals surface area contributed by atoms with Crippen LogP contribution in [0.5, 0.6) is 0 Å². The third kappa shape index (κ3) is 4.53. The average Bonchev–Trinajstić information content (AvgIpc) is 2.29. The number of alkyl halides is 3. The van der Waals surface area contributed by atoms with Crippen LogP contribution in [0.1, 0.15) is 24.5 Å². The molecule has 0 aliphatic rings. The number of nitrogens with zero attached hydrogens (tertiary/aromatic N) is 1. The van der Waals surface area contributed by atoms with Gasteiger partial charge in [0.1, 0.15) is 0 Å². The Bertz CT molecular complexity index is 368. The van der Waals surface area contributed by atoms with Gasteiger partial charge >= 0.3 is 6.18 Å². The molecule has 0 aliphatic heterocycles. The van der Waals surface area contributed by atoms with Gasteiger partial charge in [0, 0.05) is 13.1 Å². The molecule has 0 unspecified atom stereocenters. The van der Waals surface area contributed by atoms with Crippen molar-refractivity contribution in [3.8, 4) is 0 Å². The van der Waals surface area contributed by atoms with Gasteiger partial charge in [-0.15, -0.1) is 6.58 Å². The summed E-state index contributed by atoms with van der Waals surface area (Å²) in [5, 5.41) is 0. The minimum atomic E-state index is -4.26. The molecule has 0 radical (unpaired) electrons. The number of benzene rings is 1. The van der Waals surface area contributed by atoms with Gasteiger partial charge in [0.2, 0.25) is 0 Å². The molecule has 0 N–H and O–H groups in total. The van der Waals surface area contributed by atoms with Gasteiger partial charge in [-0.2, -0.15) is 13.2 Å². The van der Waals surface area contributed by atoms with Gasteiger partial charge in [0.25, 0.3) is 0 Å². The maximum Gasteiger partial charge on any atom is 0.416 e. The fraction of sp³-hybridized carbons (Fsp3) is 0.429. The quantitative estimate of drug-likeness (QED) is 0.693. The minimum Gasteiger partial charge on any atom is -0.295 e. The van der Waals surface area contributed by atoms with E-state index in [1.807, 2.05) is 0 Å². The molecule has 4 heteroatoms. The number of halogens is 3. The topological polar surface area (TPSA) is 3.24 Å². The number of hydrogen-bond donors (Lipinski definition) is 0. The van der Waals surface area contributed by atoms with Crippen molar-refractivity contribution in [3.05, 3.63) is 48.0 Å². The summed E-state index contributed by atoms with van der Waals surface area (Å²) in [6.07, 6.45) is -1.45. The summed E-state index contributed by atoms with van der Waals surface area (Å²) >= 11 is 0. The highest BCUT2D eigenvalue weighted by molar-refractivity contribution is 5.24. The molecule has 0 fully saturated rings. The first-order valence-electron chi connectivity index (χ1n) is 5.96. The zero-order valence-electron chi connectivity index (χ0n) is 10.5. The second-order valence-corrected chi connectivity index (χ2v) is 4.22. The van der Waals surface area contributed by atoms with Crippen molar-refractivity contribution >= 4 is 0 Å². The maximum atomic E-state index is 12.4. The first-order chi connectivity index (χ1) is 8.47. The zero-order chi connectivity index (χ0) is 13.6. The minimum absolute atomic E-state index is 0.600. The Labute approximate surface area is 106 Å². The Balaban J connectivity index is 2.69. The van der Waals surface area contributed by atoms with E-state index in [-0.39, 0.29) is 0 Å². The molecule has 18 heavy (non-hydrogen) atoms. The second-order valence-electron chi connectivity index (χ2n) is 4.22. The fourth-order valence-corrected chi connectivity index (χ4v) is 1.79. The van der Waals surface area contributed by atoms with Crippen LogP contribution in [0.2, 0.25) is 0 Å².